The zero-order valence-corrected chi connectivity index (χ0v) is 22.3. The Morgan fingerprint density at radius 3 is 2.25 bits per heavy atom. The molecule has 0 saturated heterocycles. The van der Waals surface area contributed by atoms with Crippen molar-refractivity contribution < 1.29 is 24.3 Å². The van der Waals surface area contributed by atoms with Gasteiger partial charge in [0.2, 0.25) is 17.7 Å². The molecule has 6 N–H and O–H groups in total. The predicted octanol–water partition coefficient (Wildman–Crippen LogP) is 0.839. The average molecular weight is 552 g/mol. The summed E-state index contributed by atoms with van der Waals surface area (Å²) < 4.78 is 0.836. The molecule has 3 rings (SSSR count). The van der Waals surface area contributed by atoms with Gasteiger partial charge in [0.25, 0.3) is 5.56 Å². The molecule has 0 saturated carbocycles. The van der Waals surface area contributed by atoms with E-state index in [1.807, 2.05) is 0 Å². The molecule has 0 spiro atoms. The third kappa shape index (κ3) is 7.22. The summed E-state index contributed by atoms with van der Waals surface area (Å²) in [6.07, 6.45) is -0.0725. The standard InChI is InChI=1S/C28H33N5O7/c1-3-16(2)23(25(36)30-20(27(38)39)13-14-22(29)34)32-24(35)21(15-17-9-5-4-6-10-17)33-26(37)18-11-7-8-12-19(18)31-28(33)40/h4-12,16,20-21,23H,3,13-15H2,1-2H3,(H2,29,34)(H,30,36)(H,31,40)(H,32,35)(H,38,39)/t16-,20-,21-,23-/m0/s1. The maximum atomic E-state index is 13.8. The molecule has 0 bridgehead atoms. The van der Waals surface area contributed by atoms with Crippen molar-refractivity contribution >= 4 is 34.6 Å². The molecule has 40 heavy (non-hydrogen) atoms. The summed E-state index contributed by atoms with van der Waals surface area (Å²) in [5.41, 5.74) is 4.65. The fourth-order valence-corrected chi connectivity index (χ4v) is 4.35. The van der Waals surface area contributed by atoms with Gasteiger partial charge in [0.05, 0.1) is 10.9 Å². The maximum absolute atomic E-state index is 13.8. The molecule has 0 aliphatic carbocycles. The molecule has 4 atom stereocenters. The van der Waals surface area contributed by atoms with Gasteiger partial charge in [-0.15, -0.1) is 0 Å². The molecule has 2 aromatic carbocycles. The van der Waals surface area contributed by atoms with Gasteiger partial charge in [0.15, 0.2) is 0 Å². The first kappa shape index (κ1) is 29.8. The molecular weight excluding hydrogens is 518 g/mol. The number of benzene rings is 2. The fraction of sp³-hybridized carbons (Fsp3) is 0.357. The lowest BCUT2D eigenvalue weighted by Gasteiger charge is -2.28. The van der Waals surface area contributed by atoms with Crippen molar-refractivity contribution in [2.24, 2.45) is 11.7 Å². The van der Waals surface area contributed by atoms with Crippen molar-refractivity contribution in [1.82, 2.24) is 20.2 Å². The topological polar surface area (TPSA) is 193 Å². The third-order valence-corrected chi connectivity index (χ3v) is 6.81. The molecule has 212 valence electrons. The van der Waals surface area contributed by atoms with Crippen LogP contribution in [0.3, 0.4) is 0 Å². The van der Waals surface area contributed by atoms with Crippen molar-refractivity contribution in [3.63, 3.8) is 0 Å². The number of rotatable bonds is 13. The zero-order valence-electron chi connectivity index (χ0n) is 22.3. The average Bonchev–Trinajstić information content (AvgIpc) is 2.93. The quantitative estimate of drug-likeness (QED) is 0.208. The van der Waals surface area contributed by atoms with Gasteiger partial charge in [0.1, 0.15) is 18.1 Å². The number of carboxylic acid groups (broad SMARTS) is 1. The number of carbonyl (C=O) groups is 4. The molecule has 0 aliphatic heterocycles. The number of nitrogens with two attached hydrogens (primary N) is 1. The largest absolute Gasteiger partial charge is 0.480 e. The number of H-pyrrole nitrogens is 1. The van der Waals surface area contributed by atoms with E-state index >= 15 is 0 Å². The number of hydrogen-bond acceptors (Lipinski definition) is 6. The maximum Gasteiger partial charge on any atom is 0.329 e. The SMILES string of the molecule is CC[C@H](C)[C@H](NC(=O)[C@H](Cc1ccccc1)n1c(=O)[nH]c2ccccc2c1=O)C(=O)N[C@@H](CCC(N)=O)C(=O)O. The van der Waals surface area contributed by atoms with Crippen LogP contribution in [0.25, 0.3) is 10.9 Å². The van der Waals surface area contributed by atoms with Gasteiger partial charge in [-0.3, -0.25) is 19.2 Å². The molecule has 3 aromatic rings. The first-order valence-electron chi connectivity index (χ1n) is 12.9. The number of para-hydroxylation sites is 1. The number of nitrogens with one attached hydrogen (secondary N) is 3. The molecule has 1 aromatic heterocycles. The Morgan fingerprint density at radius 2 is 1.62 bits per heavy atom. The Kier molecular flexibility index (Phi) is 9.96. The van der Waals surface area contributed by atoms with Crippen LogP contribution in [0.2, 0.25) is 0 Å². The summed E-state index contributed by atoms with van der Waals surface area (Å²) in [5.74, 6) is -4.07. The van der Waals surface area contributed by atoms with Gasteiger partial charge in [0, 0.05) is 12.8 Å². The van der Waals surface area contributed by atoms with Crippen LogP contribution in [0, 0.1) is 5.92 Å². The van der Waals surface area contributed by atoms with E-state index < -0.39 is 59.0 Å². The van der Waals surface area contributed by atoms with Gasteiger partial charge in [-0.1, -0.05) is 62.7 Å². The number of carboxylic acids is 1. The van der Waals surface area contributed by atoms with E-state index in [0.29, 0.717) is 17.5 Å². The highest BCUT2D eigenvalue weighted by Crippen LogP contribution is 2.16. The first-order valence-corrected chi connectivity index (χ1v) is 12.9. The lowest BCUT2D eigenvalue weighted by atomic mass is 9.96. The highest BCUT2D eigenvalue weighted by Gasteiger charge is 2.33. The molecule has 0 fully saturated rings. The molecule has 12 nitrogen and oxygen atoms in total. The Bertz CT molecular complexity index is 1500. The number of fused-ring (bicyclic) bond motifs is 1. The summed E-state index contributed by atoms with van der Waals surface area (Å²) in [6.45, 7) is 3.49. The van der Waals surface area contributed by atoms with Crippen LogP contribution >= 0.6 is 0 Å². The monoisotopic (exact) mass is 551 g/mol. The summed E-state index contributed by atoms with van der Waals surface area (Å²) in [5, 5.41) is 14.7. The van der Waals surface area contributed by atoms with E-state index in [4.69, 9.17) is 5.73 Å². The predicted molar refractivity (Wildman–Crippen MR) is 147 cm³/mol. The minimum atomic E-state index is -1.41. The normalized spacial score (nSPS) is 14.1. The summed E-state index contributed by atoms with van der Waals surface area (Å²) >= 11 is 0. The van der Waals surface area contributed by atoms with Gasteiger partial charge in [-0.25, -0.2) is 14.2 Å². The number of hydrogen-bond donors (Lipinski definition) is 5. The van der Waals surface area contributed by atoms with Crippen LogP contribution in [0.15, 0.2) is 64.2 Å². The van der Waals surface area contributed by atoms with Gasteiger partial charge < -0.3 is 26.5 Å². The Balaban J connectivity index is 2.00. The molecule has 0 radical (unpaired) electrons. The number of aromatic amines is 1. The van der Waals surface area contributed by atoms with Crippen LogP contribution < -0.4 is 27.6 Å². The van der Waals surface area contributed by atoms with E-state index in [2.05, 4.69) is 15.6 Å². The zero-order chi connectivity index (χ0) is 29.4. The Hall–Kier alpha value is -4.74. The summed E-state index contributed by atoms with van der Waals surface area (Å²) in [6, 6.07) is 11.3. The van der Waals surface area contributed by atoms with Crippen molar-refractivity contribution in [2.45, 2.75) is 57.7 Å². The minimum absolute atomic E-state index is 0.0286. The first-order chi connectivity index (χ1) is 19.0. The van der Waals surface area contributed by atoms with Crippen molar-refractivity contribution in [1.29, 1.82) is 0 Å². The third-order valence-electron chi connectivity index (χ3n) is 6.81. The van der Waals surface area contributed by atoms with Crippen molar-refractivity contribution in [3.8, 4) is 0 Å². The second-order valence-electron chi connectivity index (χ2n) is 9.63. The second kappa shape index (κ2) is 13.4. The Morgan fingerprint density at radius 1 is 0.975 bits per heavy atom. The van der Waals surface area contributed by atoms with Crippen LogP contribution in [0.1, 0.15) is 44.7 Å². The highest BCUT2D eigenvalue weighted by molar-refractivity contribution is 5.92. The minimum Gasteiger partial charge on any atom is -0.480 e. The van der Waals surface area contributed by atoms with Gasteiger partial charge in [-0.05, 0) is 30.0 Å². The van der Waals surface area contributed by atoms with Crippen LogP contribution in [-0.4, -0.2) is 50.4 Å². The van der Waals surface area contributed by atoms with Crippen LogP contribution in [-0.2, 0) is 25.6 Å². The fourth-order valence-electron chi connectivity index (χ4n) is 4.35. The lowest BCUT2D eigenvalue weighted by molar-refractivity contribution is -0.143. The van der Waals surface area contributed by atoms with Crippen molar-refractivity contribution in [2.75, 3.05) is 0 Å². The van der Waals surface area contributed by atoms with E-state index in [-0.39, 0.29) is 24.6 Å². The van der Waals surface area contributed by atoms with Gasteiger partial charge >= 0.3 is 11.7 Å². The summed E-state index contributed by atoms with van der Waals surface area (Å²) in [7, 11) is 0. The lowest BCUT2D eigenvalue weighted by Crippen LogP contribution is -2.56. The number of aromatic nitrogens is 2. The summed E-state index contributed by atoms with van der Waals surface area (Å²) in [4.78, 5) is 79.0. The number of primary amides is 1. The smallest absolute Gasteiger partial charge is 0.329 e. The number of amides is 3. The second-order valence-corrected chi connectivity index (χ2v) is 9.63. The van der Waals surface area contributed by atoms with E-state index in [0.717, 1.165) is 4.57 Å². The number of aliphatic carboxylic acids is 1. The molecule has 0 aliphatic rings. The highest BCUT2D eigenvalue weighted by atomic mass is 16.4. The Labute approximate surface area is 229 Å². The van der Waals surface area contributed by atoms with Crippen LogP contribution in [0.5, 0.6) is 0 Å². The molecule has 1 heterocycles. The molecular formula is C28H33N5O7. The van der Waals surface area contributed by atoms with Gasteiger partial charge in [-0.2, -0.15) is 0 Å². The molecule has 3 amide bonds. The van der Waals surface area contributed by atoms with Crippen LogP contribution in [0.4, 0.5) is 0 Å². The number of nitrogens with zero attached hydrogens (tertiary/aromatic N) is 1. The molecule has 0 unspecified atom stereocenters. The van der Waals surface area contributed by atoms with E-state index in [1.54, 1.807) is 62.4 Å². The van der Waals surface area contributed by atoms with E-state index in [1.165, 1.54) is 6.07 Å². The van der Waals surface area contributed by atoms with Crippen molar-refractivity contribution in [3.05, 3.63) is 81.0 Å². The number of carbonyl (C=O) groups excluding carboxylic acids is 3. The van der Waals surface area contributed by atoms with E-state index in [9.17, 15) is 33.9 Å². The molecule has 12 heteroatoms.